The highest BCUT2D eigenvalue weighted by atomic mass is 35.5. The molecule has 9 heteroatoms. The first-order valence-electron chi connectivity index (χ1n) is 11.5. The van der Waals surface area contributed by atoms with E-state index in [1.54, 1.807) is 55.5 Å². The summed E-state index contributed by atoms with van der Waals surface area (Å²) in [6, 6.07) is 20.6. The number of hydrogen-bond donors (Lipinski definition) is 1. The smallest absolute Gasteiger partial charge is 0.301 e. The molecule has 1 aromatic heterocycles. The van der Waals surface area contributed by atoms with Gasteiger partial charge in [0.2, 0.25) is 5.13 Å². The van der Waals surface area contributed by atoms with Gasteiger partial charge in [-0.05, 0) is 66.9 Å². The normalized spacial score (nSPS) is 16.8. The first kappa shape index (κ1) is 24.7. The first-order valence-corrected chi connectivity index (χ1v) is 12.7. The van der Waals surface area contributed by atoms with E-state index >= 15 is 0 Å². The Balaban J connectivity index is 1.51. The number of aliphatic hydroxyl groups is 1. The number of hydrogen-bond acceptors (Lipinski definition) is 7. The third-order valence-electron chi connectivity index (χ3n) is 6.11. The zero-order valence-electron chi connectivity index (χ0n) is 20.0. The van der Waals surface area contributed by atoms with Crippen molar-refractivity contribution in [2.45, 2.75) is 26.5 Å². The van der Waals surface area contributed by atoms with Gasteiger partial charge in [0.05, 0.1) is 11.6 Å². The van der Waals surface area contributed by atoms with Gasteiger partial charge >= 0.3 is 5.91 Å². The molecule has 4 aromatic rings. The molecule has 7 nitrogen and oxygen atoms in total. The fourth-order valence-electron chi connectivity index (χ4n) is 4.20. The van der Waals surface area contributed by atoms with Crippen LogP contribution in [-0.4, -0.2) is 27.0 Å². The molecule has 186 valence electrons. The lowest BCUT2D eigenvalue weighted by Gasteiger charge is -2.22. The van der Waals surface area contributed by atoms with Gasteiger partial charge in [-0.1, -0.05) is 59.3 Å². The van der Waals surface area contributed by atoms with Crippen molar-refractivity contribution in [3.63, 3.8) is 0 Å². The molecule has 0 radical (unpaired) electrons. The Morgan fingerprint density at radius 2 is 1.78 bits per heavy atom. The van der Waals surface area contributed by atoms with E-state index in [1.165, 1.54) is 16.2 Å². The lowest BCUT2D eigenvalue weighted by atomic mass is 9.95. The lowest BCUT2D eigenvalue weighted by molar-refractivity contribution is -0.132. The van der Waals surface area contributed by atoms with Crippen LogP contribution in [0.2, 0.25) is 5.02 Å². The van der Waals surface area contributed by atoms with Crippen molar-refractivity contribution in [2.75, 3.05) is 4.90 Å². The van der Waals surface area contributed by atoms with Crippen LogP contribution in [-0.2, 0) is 16.2 Å². The number of aryl methyl sites for hydroxylation is 2. The molecule has 1 unspecified atom stereocenters. The van der Waals surface area contributed by atoms with Gasteiger partial charge in [0.15, 0.2) is 0 Å². The number of Topliss-reactive ketones (excluding diaryl/α,β-unsaturated/α-hetero) is 1. The average Bonchev–Trinajstić information content (AvgIpc) is 3.43. The Morgan fingerprint density at radius 1 is 1.03 bits per heavy atom. The quantitative estimate of drug-likeness (QED) is 0.186. The highest BCUT2D eigenvalue weighted by Crippen LogP contribution is 2.43. The second kappa shape index (κ2) is 10.2. The number of ketones is 1. The summed E-state index contributed by atoms with van der Waals surface area (Å²) in [5.41, 5.74) is 3.10. The third kappa shape index (κ3) is 4.85. The van der Waals surface area contributed by atoms with Crippen LogP contribution >= 0.6 is 22.9 Å². The molecule has 1 N–H and O–H groups in total. The Labute approximate surface area is 222 Å². The Bertz CT molecular complexity index is 1530. The van der Waals surface area contributed by atoms with Crippen LogP contribution < -0.4 is 9.64 Å². The molecule has 0 aliphatic carbocycles. The molecule has 2 heterocycles. The minimum Gasteiger partial charge on any atom is -0.507 e. The van der Waals surface area contributed by atoms with Crippen LogP contribution in [0.25, 0.3) is 5.76 Å². The predicted molar refractivity (Wildman–Crippen MR) is 143 cm³/mol. The number of amides is 1. The van der Waals surface area contributed by atoms with Gasteiger partial charge in [0, 0.05) is 10.6 Å². The van der Waals surface area contributed by atoms with Crippen molar-refractivity contribution >= 4 is 45.5 Å². The van der Waals surface area contributed by atoms with Crippen LogP contribution in [0.15, 0.2) is 78.4 Å². The molecule has 1 aliphatic rings. The molecule has 0 spiro atoms. The van der Waals surface area contributed by atoms with Gasteiger partial charge in [0.25, 0.3) is 5.78 Å². The fraction of sp³-hybridized carbons (Fsp3) is 0.143. The zero-order valence-corrected chi connectivity index (χ0v) is 21.6. The maximum absolute atomic E-state index is 13.2. The number of aromatic nitrogens is 2. The molecular formula is C28H22ClN3O4S. The van der Waals surface area contributed by atoms with E-state index in [2.05, 4.69) is 10.2 Å². The molecule has 0 bridgehead atoms. The van der Waals surface area contributed by atoms with Crippen molar-refractivity contribution < 1.29 is 19.4 Å². The highest BCUT2D eigenvalue weighted by Gasteiger charge is 2.48. The Hall–Kier alpha value is -4.01. The third-order valence-corrected chi connectivity index (χ3v) is 7.19. The van der Waals surface area contributed by atoms with E-state index in [0.717, 1.165) is 11.1 Å². The maximum atomic E-state index is 13.2. The molecule has 1 aliphatic heterocycles. The van der Waals surface area contributed by atoms with E-state index in [1.807, 2.05) is 31.2 Å². The van der Waals surface area contributed by atoms with Gasteiger partial charge in [0.1, 0.15) is 23.1 Å². The molecule has 1 amide bonds. The van der Waals surface area contributed by atoms with Gasteiger partial charge in [-0.25, -0.2) is 0 Å². The number of nitrogens with zero attached hydrogens (tertiary/aromatic N) is 3. The van der Waals surface area contributed by atoms with E-state index in [9.17, 15) is 14.7 Å². The molecule has 3 aromatic carbocycles. The molecule has 1 fully saturated rings. The second-order valence-electron chi connectivity index (χ2n) is 8.57. The summed E-state index contributed by atoms with van der Waals surface area (Å²) < 4.78 is 5.90. The summed E-state index contributed by atoms with van der Waals surface area (Å²) >= 11 is 7.42. The summed E-state index contributed by atoms with van der Waals surface area (Å²) in [7, 11) is 0. The van der Waals surface area contributed by atoms with E-state index < -0.39 is 17.7 Å². The molecule has 1 saturated heterocycles. The van der Waals surface area contributed by atoms with Crippen molar-refractivity contribution in [3.8, 4) is 5.75 Å². The van der Waals surface area contributed by atoms with E-state index in [0.29, 0.717) is 33.5 Å². The number of carbonyl (C=O) groups is 2. The number of benzene rings is 3. The lowest BCUT2D eigenvalue weighted by Crippen LogP contribution is -2.29. The molecule has 0 saturated carbocycles. The molecule has 1 atom stereocenters. The minimum atomic E-state index is -0.914. The fourth-order valence-corrected chi connectivity index (χ4v) is 5.12. The number of aliphatic hydroxyl groups excluding tert-OH is 1. The zero-order chi connectivity index (χ0) is 26.1. The summed E-state index contributed by atoms with van der Waals surface area (Å²) in [6.07, 6.45) is 0. The summed E-state index contributed by atoms with van der Waals surface area (Å²) in [6.45, 7) is 4.18. The average molecular weight is 532 g/mol. The van der Waals surface area contributed by atoms with Crippen LogP contribution in [0.3, 0.4) is 0 Å². The van der Waals surface area contributed by atoms with Gasteiger partial charge in [-0.2, -0.15) is 0 Å². The van der Waals surface area contributed by atoms with Gasteiger partial charge in [-0.15, -0.1) is 10.2 Å². The summed E-state index contributed by atoms with van der Waals surface area (Å²) in [5.74, 6) is -1.29. The first-order chi connectivity index (χ1) is 17.8. The molecular weight excluding hydrogens is 510 g/mol. The number of ether oxygens (including phenoxy) is 1. The van der Waals surface area contributed by atoms with E-state index in [-0.39, 0.29) is 16.5 Å². The van der Waals surface area contributed by atoms with Crippen LogP contribution in [0.5, 0.6) is 5.75 Å². The maximum Gasteiger partial charge on any atom is 0.301 e. The SMILES string of the molecule is Cc1nnc(N2C(=O)C(=O)/C(=C(/O)c3ccc(OCc4ccccc4C)cc3)C2c2cccc(Cl)c2)s1. The van der Waals surface area contributed by atoms with Crippen molar-refractivity contribution in [1.82, 2.24) is 10.2 Å². The van der Waals surface area contributed by atoms with E-state index in [4.69, 9.17) is 16.3 Å². The van der Waals surface area contributed by atoms with Gasteiger partial charge < -0.3 is 9.84 Å². The minimum absolute atomic E-state index is 0.0475. The molecule has 37 heavy (non-hydrogen) atoms. The van der Waals surface area contributed by atoms with Crippen LogP contribution in [0, 0.1) is 13.8 Å². The Morgan fingerprint density at radius 3 is 2.46 bits per heavy atom. The number of halogens is 1. The van der Waals surface area contributed by atoms with Crippen LogP contribution in [0.4, 0.5) is 5.13 Å². The van der Waals surface area contributed by atoms with Crippen molar-refractivity contribution in [2.24, 2.45) is 0 Å². The standard InChI is InChI=1S/C28H22ClN3O4S/c1-16-6-3-4-7-20(16)15-36-22-12-10-18(11-13-22)25(33)23-24(19-8-5-9-21(29)14-19)32(27(35)26(23)34)28-31-30-17(2)37-28/h3-14,24,33H,15H2,1-2H3/b25-23+. The number of rotatable bonds is 6. The largest absolute Gasteiger partial charge is 0.507 e. The predicted octanol–water partition coefficient (Wildman–Crippen LogP) is 6.01. The summed E-state index contributed by atoms with van der Waals surface area (Å²) in [4.78, 5) is 27.6. The topological polar surface area (TPSA) is 92.6 Å². The monoisotopic (exact) mass is 531 g/mol. The van der Waals surface area contributed by atoms with Crippen molar-refractivity contribution in [1.29, 1.82) is 0 Å². The van der Waals surface area contributed by atoms with Crippen LogP contribution in [0.1, 0.15) is 33.3 Å². The highest BCUT2D eigenvalue weighted by molar-refractivity contribution is 7.15. The number of anilines is 1. The summed E-state index contributed by atoms with van der Waals surface area (Å²) in [5, 5.41) is 20.7. The van der Waals surface area contributed by atoms with Crippen molar-refractivity contribution in [3.05, 3.63) is 111 Å². The molecule has 5 rings (SSSR count). The second-order valence-corrected chi connectivity index (χ2v) is 10.2. The number of carbonyl (C=O) groups excluding carboxylic acids is 2. The Kier molecular flexibility index (Phi) is 6.78. The van der Waals surface area contributed by atoms with Gasteiger partial charge in [-0.3, -0.25) is 14.5 Å².